The third-order valence-corrected chi connectivity index (χ3v) is 2.62. The Hall–Kier alpha value is -1.88. The standard InChI is InChI=1S/C12H16N4O/c1-16-8-15-10-6-9(2-3-11(10)16)7-12(17)14-5-4-13/h2-3,6,8H,4-5,7,13H2,1H3,(H,14,17). The highest BCUT2D eigenvalue weighted by Crippen LogP contribution is 2.14. The normalized spacial score (nSPS) is 10.7. The van der Waals surface area contributed by atoms with Crippen molar-refractivity contribution < 1.29 is 4.79 Å². The molecule has 0 unspecified atom stereocenters. The van der Waals surface area contributed by atoms with E-state index in [-0.39, 0.29) is 5.91 Å². The van der Waals surface area contributed by atoms with Crippen molar-refractivity contribution >= 4 is 16.9 Å². The molecule has 0 radical (unpaired) electrons. The second kappa shape index (κ2) is 4.97. The lowest BCUT2D eigenvalue weighted by atomic mass is 10.1. The van der Waals surface area contributed by atoms with Crippen LogP contribution < -0.4 is 11.1 Å². The molecule has 90 valence electrons. The maximum absolute atomic E-state index is 11.5. The number of nitrogens with two attached hydrogens (primary N) is 1. The predicted octanol–water partition coefficient (Wildman–Crippen LogP) is 0.191. The second-order valence-electron chi connectivity index (χ2n) is 3.99. The Morgan fingerprint density at radius 3 is 3.12 bits per heavy atom. The molecule has 1 aromatic carbocycles. The molecule has 5 heteroatoms. The number of carbonyl (C=O) groups is 1. The lowest BCUT2D eigenvalue weighted by molar-refractivity contribution is -0.120. The van der Waals surface area contributed by atoms with Crippen LogP contribution in [-0.2, 0) is 18.3 Å². The minimum atomic E-state index is -0.00858. The van der Waals surface area contributed by atoms with Crippen LogP contribution in [0.5, 0.6) is 0 Å². The predicted molar refractivity (Wildman–Crippen MR) is 66.5 cm³/mol. The van der Waals surface area contributed by atoms with Crippen LogP contribution in [0.3, 0.4) is 0 Å². The van der Waals surface area contributed by atoms with Crippen LogP contribution in [-0.4, -0.2) is 28.5 Å². The monoisotopic (exact) mass is 232 g/mol. The maximum atomic E-state index is 11.5. The molecule has 2 rings (SSSR count). The fraction of sp³-hybridized carbons (Fsp3) is 0.333. The fourth-order valence-corrected chi connectivity index (χ4v) is 1.75. The lowest BCUT2D eigenvalue weighted by Crippen LogP contribution is -2.30. The van der Waals surface area contributed by atoms with Gasteiger partial charge in [-0.2, -0.15) is 0 Å². The highest BCUT2D eigenvalue weighted by Gasteiger charge is 2.05. The van der Waals surface area contributed by atoms with E-state index in [1.54, 1.807) is 6.33 Å². The van der Waals surface area contributed by atoms with Gasteiger partial charge in [0.25, 0.3) is 0 Å². The van der Waals surface area contributed by atoms with E-state index in [4.69, 9.17) is 5.73 Å². The summed E-state index contributed by atoms with van der Waals surface area (Å²) in [4.78, 5) is 15.8. The molecule has 5 nitrogen and oxygen atoms in total. The zero-order valence-electron chi connectivity index (χ0n) is 9.81. The summed E-state index contributed by atoms with van der Waals surface area (Å²) in [5.74, 6) is -0.00858. The van der Waals surface area contributed by atoms with Crippen LogP contribution in [0.1, 0.15) is 5.56 Å². The van der Waals surface area contributed by atoms with Crippen LogP contribution in [0.25, 0.3) is 11.0 Å². The van der Waals surface area contributed by atoms with Crippen LogP contribution in [0.2, 0.25) is 0 Å². The number of hydrogen-bond acceptors (Lipinski definition) is 3. The van der Waals surface area contributed by atoms with Crippen LogP contribution in [0, 0.1) is 0 Å². The highest BCUT2D eigenvalue weighted by atomic mass is 16.1. The van der Waals surface area contributed by atoms with Crippen molar-refractivity contribution in [1.29, 1.82) is 0 Å². The van der Waals surface area contributed by atoms with Crippen LogP contribution >= 0.6 is 0 Å². The molecule has 1 amide bonds. The van der Waals surface area contributed by atoms with E-state index in [2.05, 4.69) is 10.3 Å². The van der Waals surface area contributed by atoms with Crippen molar-refractivity contribution in [2.75, 3.05) is 13.1 Å². The molecule has 1 heterocycles. The number of aryl methyl sites for hydroxylation is 1. The SMILES string of the molecule is Cn1cnc2cc(CC(=O)NCCN)ccc21. The second-order valence-corrected chi connectivity index (χ2v) is 3.99. The van der Waals surface area contributed by atoms with Gasteiger partial charge in [-0.1, -0.05) is 6.07 Å². The van der Waals surface area contributed by atoms with Gasteiger partial charge in [0.15, 0.2) is 0 Å². The quantitative estimate of drug-likeness (QED) is 0.790. The summed E-state index contributed by atoms with van der Waals surface area (Å²) in [6.07, 6.45) is 2.13. The molecule has 0 fully saturated rings. The van der Waals surface area contributed by atoms with Gasteiger partial charge in [0.05, 0.1) is 23.8 Å². The molecule has 0 saturated heterocycles. The average Bonchev–Trinajstić information content (AvgIpc) is 2.68. The van der Waals surface area contributed by atoms with Crippen LogP contribution in [0.4, 0.5) is 0 Å². The molecule has 17 heavy (non-hydrogen) atoms. The van der Waals surface area contributed by atoms with E-state index in [9.17, 15) is 4.79 Å². The first-order valence-electron chi connectivity index (χ1n) is 5.57. The topological polar surface area (TPSA) is 72.9 Å². The van der Waals surface area contributed by atoms with Crippen molar-refractivity contribution in [2.45, 2.75) is 6.42 Å². The van der Waals surface area contributed by atoms with Gasteiger partial charge in [-0.25, -0.2) is 4.98 Å². The lowest BCUT2D eigenvalue weighted by Gasteiger charge is -2.03. The van der Waals surface area contributed by atoms with Crippen molar-refractivity contribution in [3.8, 4) is 0 Å². The van der Waals surface area contributed by atoms with Crippen molar-refractivity contribution in [3.63, 3.8) is 0 Å². The Bertz CT molecular complexity index is 532. The summed E-state index contributed by atoms with van der Waals surface area (Å²) >= 11 is 0. The van der Waals surface area contributed by atoms with Gasteiger partial charge >= 0.3 is 0 Å². The molecule has 0 bridgehead atoms. The molecule has 0 spiro atoms. The smallest absolute Gasteiger partial charge is 0.224 e. The van der Waals surface area contributed by atoms with E-state index in [0.717, 1.165) is 16.6 Å². The van der Waals surface area contributed by atoms with E-state index < -0.39 is 0 Å². The van der Waals surface area contributed by atoms with E-state index in [0.29, 0.717) is 19.5 Å². The summed E-state index contributed by atoms with van der Waals surface area (Å²) < 4.78 is 1.95. The Kier molecular flexibility index (Phi) is 3.39. The third-order valence-electron chi connectivity index (χ3n) is 2.62. The summed E-state index contributed by atoms with van der Waals surface area (Å²) in [5, 5.41) is 2.74. The number of imidazole rings is 1. The van der Waals surface area contributed by atoms with Gasteiger partial charge in [0.2, 0.25) is 5.91 Å². The zero-order chi connectivity index (χ0) is 12.3. The summed E-state index contributed by atoms with van der Waals surface area (Å²) in [7, 11) is 1.95. The van der Waals surface area contributed by atoms with E-state index >= 15 is 0 Å². The first-order chi connectivity index (χ1) is 8.20. The fourth-order valence-electron chi connectivity index (χ4n) is 1.75. The van der Waals surface area contributed by atoms with Gasteiger partial charge in [0, 0.05) is 20.1 Å². The summed E-state index contributed by atoms with van der Waals surface area (Å²) in [5.41, 5.74) is 8.26. The molecule has 0 aliphatic heterocycles. The molecule has 0 aliphatic rings. The Morgan fingerprint density at radius 2 is 2.35 bits per heavy atom. The van der Waals surface area contributed by atoms with Gasteiger partial charge in [0.1, 0.15) is 0 Å². The Labute approximate surface area is 99.6 Å². The first-order valence-corrected chi connectivity index (χ1v) is 5.57. The molecular formula is C12H16N4O. The number of rotatable bonds is 4. The van der Waals surface area contributed by atoms with Crippen molar-refractivity contribution in [3.05, 3.63) is 30.1 Å². The first kappa shape index (κ1) is 11.6. The van der Waals surface area contributed by atoms with Gasteiger partial charge < -0.3 is 15.6 Å². The third kappa shape index (κ3) is 2.62. The number of nitrogens with one attached hydrogen (secondary N) is 1. The largest absolute Gasteiger partial charge is 0.355 e. The van der Waals surface area contributed by atoms with Gasteiger partial charge in [-0.15, -0.1) is 0 Å². The zero-order valence-corrected chi connectivity index (χ0v) is 9.81. The summed E-state index contributed by atoms with van der Waals surface area (Å²) in [6, 6.07) is 5.87. The maximum Gasteiger partial charge on any atom is 0.224 e. The van der Waals surface area contributed by atoms with Crippen molar-refractivity contribution in [2.24, 2.45) is 12.8 Å². The van der Waals surface area contributed by atoms with Crippen LogP contribution in [0.15, 0.2) is 24.5 Å². The number of amides is 1. The molecule has 0 aliphatic carbocycles. The molecule has 3 N–H and O–H groups in total. The molecule has 0 saturated carbocycles. The number of benzene rings is 1. The molecular weight excluding hydrogens is 216 g/mol. The number of fused-ring (bicyclic) bond motifs is 1. The Balaban J connectivity index is 2.11. The van der Waals surface area contributed by atoms with E-state index in [1.165, 1.54) is 0 Å². The van der Waals surface area contributed by atoms with Crippen molar-refractivity contribution in [1.82, 2.24) is 14.9 Å². The van der Waals surface area contributed by atoms with Gasteiger partial charge in [-0.05, 0) is 17.7 Å². The number of aromatic nitrogens is 2. The van der Waals surface area contributed by atoms with Gasteiger partial charge in [-0.3, -0.25) is 4.79 Å². The molecule has 0 atom stereocenters. The average molecular weight is 232 g/mol. The molecule has 2 aromatic rings. The number of nitrogens with zero attached hydrogens (tertiary/aromatic N) is 2. The highest BCUT2D eigenvalue weighted by molar-refractivity contribution is 5.81. The minimum absolute atomic E-state index is 0.00858. The number of carbonyl (C=O) groups excluding carboxylic acids is 1. The Morgan fingerprint density at radius 1 is 1.53 bits per heavy atom. The summed E-state index contributed by atoms with van der Waals surface area (Å²) in [6.45, 7) is 0.982. The molecule has 1 aromatic heterocycles. The van der Waals surface area contributed by atoms with E-state index in [1.807, 2.05) is 29.8 Å². The number of hydrogen-bond donors (Lipinski definition) is 2. The minimum Gasteiger partial charge on any atom is -0.355 e.